The first-order valence-electron chi connectivity index (χ1n) is 8.82. The van der Waals surface area contributed by atoms with E-state index in [9.17, 15) is 4.79 Å². The van der Waals surface area contributed by atoms with Gasteiger partial charge in [0, 0.05) is 22.8 Å². The van der Waals surface area contributed by atoms with Crippen molar-refractivity contribution in [2.45, 2.75) is 30.8 Å². The monoisotopic (exact) mass is 416 g/mol. The van der Waals surface area contributed by atoms with E-state index in [0.29, 0.717) is 16.7 Å². The Morgan fingerprint density at radius 3 is 2.46 bits per heavy atom. The van der Waals surface area contributed by atoms with Crippen molar-refractivity contribution in [1.82, 2.24) is 14.8 Å². The molecule has 0 bridgehead atoms. The second kappa shape index (κ2) is 9.12. The van der Waals surface area contributed by atoms with Gasteiger partial charge in [-0.1, -0.05) is 23.4 Å². The van der Waals surface area contributed by atoms with Crippen molar-refractivity contribution in [1.29, 1.82) is 0 Å². The van der Waals surface area contributed by atoms with Crippen LogP contribution in [0.5, 0.6) is 5.75 Å². The summed E-state index contributed by atoms with van der Waals surface area (Å²) in [6.45, 7) is 4.56. The van der Waals surface area contributed by atoms with Gasteiger partial charge in [-0.2, -0.15) is 0 Å². The van der Waals surface area contributed by atoms with E-state index in [-0.39, 0.29) is 11.2 Å². The number of carbonyl (C=O) groups excluding carboxylic acids is 1. The normalized spacial score (nSPS) is 11.9. The second-order valence-electron chi connectivity index (χ2n) is 6.04. The molecule has 0 aliphatic heterocycles. The summed E-state index contributed by atoms with van der Waals surface area (Å²) >= 11 is 7.34. The molecule has 0 aliphatic rings. The zero-order valence-electron chi connectivity index (χ0n) is 15.8. The van der Waals surface area contributed by atoms with Crippen LogP contribution in [0.4, 0.5) is 5.69 Å². The van der Waals surface area contributed by atoms with Gasteiger partial charge in [-0.15, -0.1) is 10.2 Å². The highest BCUT2D eigenvalue weighted by Crippen LogP contribution is 2.28. The quantitative estimate of drug-likeness (QED) is 0.563. The Labute approximate surface area is 173 Å². The molecule has 0 unspecified atom stereocenters. The van der Waals surface area contributed by atoms with E-state index in [2.05, 4.69) is 15.5 Å². The van der Waals surface area contributed by atoms with Crippen LogP contribution in [-0.2, 0) is 11.3 Å². The van der Waals surface area contributed by atoms with Gasteiger partial charge in [0.2, 0.25) is 5.91 Å². The van der Waals surface area contributed by atoms with Gasteiger partial charge >= 0.3 is 0 Å². The van der Waals surface area contributed by atoms with Crippen molar-refractivity contribution < 1.29 is 9.53 Å². The average Bonchev–Trinajstić information content (AvgIpc) is 3.11. The number of ether oxygens (including phenoxy) is 1. The molecular weight excluding hydrogens is 396 g/mol. The minimum absolute atomic E-state index is 0.103. The number of nitrogens with one attached hydrogen (secondary N) is 1. The first-order valence-corrected chi connectivity index (χ1v) is 10.1. The van der Waals surface area contributed by atoms with E-state index in [4.69, 9.17) is 16.3 Å². The summed E-state index contributed by atoms with van der Waals surface area (Å²) < 4.78 is 7.12. The molecule has 6 nitrogen and oxygen atoms in total. The minimum atomic E-state index is -0.338. The summed E-state index contributed by atoms with van der Waals surface area (Å²) in [5.74, 6) is 1.39. The lowest BCUT2D eigenvalue weighted by molar-refractivity contribution is -0.115. The standard InChI is InChI=1S/C20H21ClN4O2S/c1-4-25-18(14-5-7-15(21)8-6-14)23-24-20(25)28-13(2)19(26)22-16-9-11-17(27-3)12-10-16/h5-13H,4H2,1-3H3,(H,22,26)/t13-/m0/s1. The van der Waals surface area contributed by atoms with E-state index < -0.39 is 0 Å². The van der Waals surface area contributed by atoms with Gasteiger partial charge in [-0.3, -0.25) is 4.79 Å². The average molecular weight is 417 g/mol. The van der Waals surface area contributed by atoms with Crippen LogP contribution in [0.3, 0.4) is 0 Å². The van der Waals surface area contributed by atoms with Crippen LogP contribution in [0.2, 0.25) is 5.02 Å². The molecule has 1 N–H and O–H groups in total. The number of aromatic nitrogens is 3. The van der Waals surface area contributed by atoms with Gasteiger partial charge in [-0.05, 0) is 62.4 Å². The summed E-state index contributed by atoms with van der Waals surface area (Å²) in [6.07, 6.45) is 0. The molecule has 3 aromatic rings. The molecule has 0 saturated carbocycles. The lowest BCUT2D eigenvalue weighted by Crippen LogP contribution is -2.22. The van der Waals surface area contributed by atoms with E-state index in [1.165, 1.54) is 11.8 Å². The summed E-state index contributed by atoms with van der Waals surface area (Å²) in [7, 11) is 1.61. The number of thioether (sulfide) groups is 1. The molecule has 0 spiro atoms. The maximum Gasteiger partial charge on any atom is 0.237 e. The Balaban J connectivity index is 1.71. The summed E-state index contributed by atoms with van der Waals surface area (Å²) in [4.78, 5) is 12.5. The molecule has 1 atom stereocenters. The minimum Gasteiger partial charge on any atom is -0.497 e. The van der Waals surface area contributed by atoms with Crippen LogP contribution in [0.15, 0.2) is 53.7 Å². The largest absolute Gasteiger partial charge is 0.497 e. The third-order valence-corrected chi connectivity index (χ3v) is 5.48. The fraction of sp³-hybridized carbons (Fsp3) is 0.250. The molecule has 0 fully saturated rings. The molecule has 0 aliphatic carbocycles. The van der Waals surface area contributed by atoms with Crippen molar-refractivity contribution in [2.24, 2.45) is 0 Å². The van der Waals surface area contributed by atoms with Crippen LogP contribution in [0.25, 0.3) is 11.4 Å². The van der Waals surface area contributed by atoms with Crippen LogP contribution >= 0.6 is 23.4 Å². The Morgan fingerprint density at radius 2 is 1.86 bits per heavy atom. The zero-order chi connectivity index (χ0) is 20.1. The highest BCUT2D eigenvalue weighted by atomic mass is 35.5. The van der Waals surface area contributed by atoms with Crippen molar-refractivity contribution in [3.63, 3.8) is 0 Å². The van der Waals surface area contributed by atoms with Crippen LogP contribution in [0, 0.1) is 0 Å². The number of benzene rings is 2. The number of amides is 1. The second-order valence-corrected chi connectivity index (χ2v) is 7.78. The van der Waals surface area contributed by atoms with Crippen molar-refractivity contribution in [3.05, 3.63) is 53.6 Å². The molecular formula is C20H21ClN4O2S. The molecule has 1 heterocycles. The van der Waals surface area contributed by atoms with Gasteiger partial charge in [0.15, 0.2) is 11.0 Å². The summed E-state index contributed by atoms with van der Waals surface area (Å²) in [5.41, 5.74) is 1.65. The molecule has 0 saturated heterocycles. The Kier molecular flexibility index (Phi) is 6.59. The van der Waals surface area contributed by atoms with Crippen LogP contribution in [0.1, 0.15) is 13.8 Å². The van der Waals surface area contributed by atoms with Crippen molar-refractivity contribution in [2.75, 3.05) is 12.4 Å². The number of methoxy groups -OCH3 is 1. The molecule has 28 heavy (non-hydrogen) atoms. The van der Waals surface area contributed by atoms with E-state index >= 15 is 0 Å². The Morgan fingerprint density at radius 1 is 1.18 bits per heavy atom. The molecule has 2 aromatic carbocycles. The van der Waals surface area contributed by atoms with Gasteiger partial charge in [0.05, 0.1) is 12.4 Å². The smallest absolute Gasteiger partial charge is 0.237 e. The number of hydrogen-bond acceptors (Lipinski definition) is 5. The predicted octanol–water partition coefficient (Wildman–Crippen LogP) is 4.75. The van der Waals surface area contributed by atoms with Gasteiger partial charge in [0.25, 0.3) is 0 Å². The Hall–Kier alpha value is -2.51. The number of halogens is 1. The van der Waals surface area contributed by atoms with Crippen molar-refractivity contribution in [3.8, 4) is 17.1 Å². The van der Waals surface area contributed by atoms with E-state index in [1.54, 1.807) is 31.4 Å². The van der Waals surface area contributed by atoms with E-state index in [1.807, 2.05) is 42.7 Å². The lowest BCUT2D eigenvalue weighted by Gasteiger charge is -2.13. The number of anilines is 1. The number of nitrogens with zero attached hydrogens (tertiary/aromatic N) is 3. The first kappa shape index (κ1) is 20.2. The molecule has 1 amide bonds. The summed E-state index contributed by atoms with van der Waals surface area (Å²) in [5, 5.41) is 12.5. The first-order chi connectivity index (χ1) is 13.5. The number of rotatable bonds is 7. The summed E-state index contributed by atoms with van der Waals surface area (Å²) in [6, 6.07) is 14.7. The number of carbonyl (C=O) groups is 1. The fourth-order valence-corrected chi connectivity index (χ4v) is 3.64. The molecule has 3 rings (SSSR count). The third-order valence-electron chi connectivity index (χ3n) is 4.14. The molecule has 8 heteroatoms. The van der Waals surface area contributed by atoms with Crippen molar-refractivity contribution >= 4 is 35.0 Å². The predicted molar refractivity (Wildman–Crippen MR) is 113 cm³/mol. The van der Waals surface area contributed by atoms with Gasteiger partial charge in [-0.25, -0.2) is 0 Å². The molecule has 0 radical (unpaired) electrons. The highest BCUT2D eigenvalue weighted by molar-refractivity contribution is 8.00. The zero-order valence-corrected chi connectivity index (χ0v) is 17.4. The lowest BCUT2D eigenvalue weighted by atomic mass is 10.2. The SMILES string of the molecule is CCn1c(S[C@@H](C)C(=O)Nc2ccc(OC)cc2)nnc1-c1ccc(Cl)cc1. The molecule has 146 valence electrons. The third kappa shape index (κ3) is 4.66. The van der Waals surface area contributed by atoms with Crippen LogP contribution < -0.4 is 10.1 Å². The highest BCUT2D eigenvalue weighted by Gasteiger charge is 2.20. The van der Waals surface area contributed by atoms with Gasteiger partial charge < -0.3 is 14.6 Å². The number of hydrogen-bond donors (Lipinski definition) is 1. The molecule has 1 aromatic heterocycles. The maximum absolute atomic E-state index is 12.5. The maximum atomic E-state index is 12.5. The topological polar surface area (TPSA) is 69.0 Å². The van der Waals surface area contributed by atoms with Gasteiger partial charge in [0.1, 0.15) is 5.75 Å². The van der Waals surface area contributed by atoms with Crippen LogP contribution in [-0.4, -0.2) is 33.0 Å². The fourth-order valence-electron chi connectivity index (χ4n) is 2.60. The van der Waals surface area contributed by atoms with E-state index in [0.717, 1.165) is 22.8 Å². The Bertz CT molecular complexity index is 942.